The predicted octanol–water partition coefficient (Wildman–Crippen LogP) is 2.54. The van der Waals surface area contributed by atoms with Crippen LogP contribution in [0.1, 0.15) is 38.8 Å². The third-order valence-electron chi connectivity index (χ3n) is 4.60. The highest BCUT2D eigenvalue weighted by Gasteiger charge is 2.22. The number of carboxylic acids is 3. The fraction of sp³-hybridized carbons (Fsp3) is 0.333. The third kappa shape index (κ3) is 8.08. The summed E-state index contributed by atoms with van der Waals surface area (Å²) in [5, 5.41) is 26.7. The van der Waals surface area contributed by atoms with Gasteiger partial charge in [-0.15, -0.1) is 0 Å². The van der Waals surface area contributed by atoms with Crippen molar-refractivity contribution in [3.05, 3.63) is 46.5 Å². The molecule has 36 heavy (non-hydrogen) atoms. The van der Waals surface area contributed by atoms with Crippen LogP contribution < -0.4 is 18.9 Å². The molecule has 0 aliphatic heterocycles. The van der Waals surface area contributed by atoms with E-state index >= 15 is 0 Å². The van der Waals surface area contributed by atoms with Gasteiger partial charge in [0.15, 0.2) is 0 Å². The maximum Gasteiger partial charge on any atom is 0.342 e. The van der Waals surface area contributed by atoms with Crippen molar-refractivity contribution >= 4 is 23.9 Å². The summed E-state index contributed by atoms with van der Waals surface area (Å²) in [4.78, 5) is 44.5. The first kappa shape index (κ1) is 29.6. The lowest BCUT2D eigenvalue weighted by Gasteiger charge is -2.13. The number of hydrogen-bond donors (Lipinski definition) is 3. The molecule has 196 valence electrons. The summed E-state index contributed by atoms with van der Waals surface area (Å²) >= 11 is 0. The van der Waals surface area contributed by atoms with Gasteiger partial charge in [-0.3, -0.25) is 9.59 Å². The van der Waals surface area contributed by atoms with E-state index in [1.165, 1.54) is 52.7 Å². The Labute approximate surface area is 206 Å². The molecule has 0 heterocycles. The Balaban J connectivity index is 0.000000362. The van der Waals surface area contributed by atoms with Gasteiger partial charge < -0.3 is 39.0 Å². The van der Waals surface area contributed by atoms with Gasteiger partial charge in [-0.05, 0) is 30.2 Å². The minimum atomic E-state index is -1.24. The Morgan fingerprint density at radius 3 is 1.42 bits per heavy atom. The van der Waals surface area contributed by atoms with Crippen LogP contribution in [0.3, 0.4) is 0 Å². The van der Waals surface area contributed by atoms with Gasteiger partial charge in [0.2, 0.25) is 0 Å². The number of methoxy groups -OCH3 is 4. The topological polar surface area (TPSA) is 175 Å². The molecule has 0 amide bonds. The van der Waals surface area contributed by atoms with Crippen molar-refractivity contribution in [3.8, 4) is 23.0 Å². The molecule has 12 heteroatoms. The van der Waals surface area contributed by atoms with Gasteiger partial charge in [0.25, 0.3) is 0 Å². The zero-order chi connectivity index (χ0) is 27.4. The number of rotatable bonds is 11. The Bertz CT molecular complexity index is 1110. The zero-order valence-corrected chi connectivity index (χ0v) is 20.4. The highest BCUT2D eigenvalue weighted by molar-refractivity contribution is 5.96. The largest absolute Gasteiger partial charge is 0.497 e. The van der Waals surface area contributed by atoms with Gasteiger partial charge >= 0.3 is 23.9 Å². The molecule has 2 aromatic rings. The molecule has 0 aliphatic carbocycles. The van der Waals surface area contributed by atoms with Crippen molar-refractivity contribution < 1.29 is 58.2 Å². The predicted molar refractivity (Wildman–Crippen MR) is 125 cm³/mol. The minimum absolute atomic E-state index is 0.0769. The monoisotopic (exact) mass is 508 g/mol. The summed E-state index contributed by atoms with van der Waals surface area (Å²) < 4.78 is 24.9. The summed E-state index contributed by atoms with van der Waals surface area (Å²) in [6.45, 7) is 1.87. The van der Waals surface area contributed by atoms with Crippen molar-refractivity contribution in [2.24, 2.45) is 0 Å². The fourth-order valence-corrected chi connectivity index (χ4v) is 3.13. The van der Waals surface area contributed by atoms with Crippen LogP contribution in [0.4, 0.5) is 0 Å². The minimum Gasteiger partial charge on any atom is -0.497 e. The maximum atomic E-state index is 11.9. The van der Waals surface area contributed by atoms with Crippen LogP contribution in [-0.2, 0) is 27.2 Å². The van der Waals surface area contributed by atoms with Crippen LogP contribution in [0.25, 0.3) is 0 Å². The van der Waals surface area contributed by atoms with E-state index in [4.69, 9.17) is 39.0 Å². The highest BCUT2D eigenvalue weighted by atomic mass is 16.5. The van der Waals surface area contributed by atoms with Crippen molar-refractivity contribution in [3.63, 3.8) is 0 Å². The van der Waals surface area contributed by atoms with Gasteiger partial charge in [0, 0.05) is 12.1 Å². The van der Waals surface area contributed by atoms with Crippen LogP contribution in [0.2, 0.25) is 0 Å². The third-order valence-corrected chi connectivity index (χ3v) is 4.60. The molecule has 0 spiro atoms. The van der Waals surface area contributed by atoms with E-state index in [0.29, 0.717) is 17.1 Å². The number of aromatic carboxylic acids is 1. The van der Waals surface area contributed by atoms with Crippen molar-refractivity contribution in [2.45, 2.75) is 19.8 Å². The Hall–Kier alpha value is -4.48. The highest BCUT2D eigenvalue weighted by Crippen LogP contribution is 2.30. The first-order chi connectivity index (χ1) is 17.0. The summed E-state index contributed by atoms with van der Waals surface area (Å²) in [6, 6.07) is 5.77. The first-order valence-corrected chi connectivity index (χ1v) is 10.4. The second-order valence-electron chi connectivity index (χ2n) is 6.89. The molecule has 0 bridgehead atoms. The molecule has 0 aliphatic rings. The van der Waals surface area contributed by atoms with Gasteiger partial charge in [-0.25, -0.2) is 9.59 Å². The van der Waals surface area contributed by atoms with E-state index in [9.17, 15) is 19.2 Å². The van der Waals surface area contributed by atoms with E-state index in [-0.39, 0.29) is 41.2 Å². The number of aliphatic carboxylic acids is 2. The van der Waals surface area contributed by atoms with Crippen molar-refractivity contribution in [2.75, 3.05) is 35.0 Å². The van der Waals surface area contributed by atoms with Crippen LogP contribution >= 0.6 is 0 Å². The van der Waals surface area contributed by atoms with Crippen LogP contribution in [0.5, 0.6) is 23.0 Å². The summed E-state index contributed by atoms with van der Waals surface area (Å²) in [7, 11) is 5.55. The Morgan fingerprint density at radius 1 is 0.667 bits per heavy atom. The molecule has 0 saturated carbocycles. The van der Waals surface area contributed by atoms with Gasteiger partial charge in [-0.1, -0.05) is 0 Å². The number of hydrogen-bond acceptors (Lipinski definition) is 9. The molecule has 0 saturated heterocycles. The van der Waals surface area contributed by atoms with E-state index in [2.05, 4.69) is 0 Å². The van der Waals surface area contributed by atoms with E-state index in [1.54, 1.807) is 6.92 Å². The Kier molecular flexibility index (Phi) is 11.5. The van der Waals surface area contributed by atoms with Gasteiger partial charge in [-0.2, -0.15) is 0 Å². The number of ether oxygens (including phenoxy) is 5. The average Bonchev–Trinajstić information content (AvgIpc) is 2.82. The molecule has 0 radical (unpaired) electrons. The summed E-state index contributed by atoms with van der Waals surface area (Å²) in [5.74, 6) is -2.95. The molecular weight excluding hydrogens is 480 g/mol. The standard InChI is InChI=1S/C13H16O6.C11H12O6/c1-4-19-13(16)12-8(6-11(14)15)5-9(17-2)7-10(12)18-3;1-16-7-3-6(4-9(12)13)10(11(14)15)8(5-7)17-2/h5,7H,4,6H2,1-3H3,(H,14,15);3,5H,4H2,1-2H3,(H,12,13)(H,14,15). The molecule has 0 aromatic heterocycles. The molecule has 2 aromatic carbocycles. The summed E-state index contributed by atoms with van der Waals surface area (Å²) in [6.07, 6.45) is -0.725. The van der Waals surface area contributed by atoms with E-state index in [0.717, 1.165) is 0 Å². The number of carbonyl (C=O) groups is 4. The molecule has 0 atom stereocenters. The normalized spacial score (nSPS) is 9.81. The van der Waals surface area contributed by atoms with Crippen LogP contribution in [0, 0.1) is 0 Å². The number of esters is 1. The van der Waals surface area contributed by atoms with Gasteiger partial charge in [0.05, 0.1) is 47.9 Å². The fourth-order valence-electron chi connectivity index (χ4n) is 3.13. The van der Waals surface area contributed by atoms with Crippen molar-refractivity contribution in [1.29, 1.82) is 0 Å². The number of benzene rings is 2. The number of carboxylic acid groups (broad SMARTS) is 3. The lowest BCUT2D eigenvalue weighted by Crippen LogP contribution is -2.13. The van der Waals surface area contributed by atoms with Crippen molar-refractivity contribution in [1.82, 2.24) is 0 Å². The lowest BCUT2D eigenvalue weighted by molar-refractivity contribution is -0.137. The SMILES string of the molecule is CCOC(=O)c1c(CC(=O)O)cc(OC)cc1OC.COc1cc(CC(=O)O)c(C(=O)O)c(OC)c1. The average molecular weight is 508 g/mol. The smallest absolute Gasteiger partial charge is 0.342 e. The molecule has 3 N–H and O–H groups in total. The summed E-state index contributed by atoms with van der Waals surface area (Å²) in [5.41, 5.74) is 0.395. The molecule has 2 rings (SSSR count). The number of carbonyl (C=O) groups excluding carboxylic acids is 1. The molecule has 0 unspecified atom stereocenters. The van der Waals surface area contributed by atoms with E-state index in [1.807, 2.05) is 0 Å². The molecule has 12 nitrogen and oxygen atoms in total. The maximum absolute atomic E-state index is 11.9. The van der Waals surface area contributed by atoms with Gasteiger partial charge in [0.1, 0.15) is 34.1 Å². The van der Waals surface area contributed by atoms with Crippen LogP contribution in [-0.4, -0.2) is 74.2 Å². The zero-order valence-electron chi connectivity index (χ0n) is 20.4. The second-order valence-corrected chi connectivity index (χ2v) is 6.89. The Morgan fingerprint density at radius 2 is 1.08 bits per heavy atom. The lowest BCUT2D eigenvalue weighted by atomic mass is 10.0. The van der Waals surface area contributed by atoms with Crippen LogP contribution in [0.15, 0.2) is 24.3 Å². The second kappa shape index (κ2) is 14.0. The molecular formula is C24H28O12. The first-order valence-electron chi connectivity index (χ1n) is 10.4. The van der Waals surface area contributed by atoms with E-state index < -0.39 is 30.3 Å². The molecule has 0 fully saturated rings. The quantitative estimate of drug-likeness (QED) is 0.379.